The number of halogens is 2. The number of carbonyl (C=O) groups excluding carboxylic acids is 1. The van der Waals surface area contributed by atoms with Crippen molar-refractivity contribution in [1.29, 1.82) is 0 Å². The Hall–Kier alpha value is -4.32. The minimum absolute atomic E-state index is 0. The minimum atomic E-state index is -0.970. The van der Waals surface area contributed by atoms with Crippen LogP contribution in [0.25, 0.3) is 23.3 Å². The highest BCUT2D eigenvalue weighted by Crippen LogP contribution is 2.46. The Morgan fingerprint density at radius 3 is 1.78 bits per heavy atom. The Morgan fingerprint density at radius 1 is 0.800 bits per heavy atom. The van der Waals surface area contributed by atoms with Crippen molar-refractivity contribution in [2.24, 2.45) is 11.8 Å². The average molecular weight is 782 g/mol. The molecule has 2 unspecified atom stereocenters. The maximum absolute atomic E-state index is 12.5. The van der Waals surface area contributed by atoms with E-state index in [1.165, 1.54) is 7.11 Å². The van der Waals surface area contributed by atoms with Crippen LogP contribution in [0.1, 0.15) is 89.7 Å². The molecule has 2 aliphatic heterocycles. The summed E-state index contributed by atoms with van der Waals surface area (Å²) in [6.07, 6.45) is 11.2. The number of aliphatic carboxylic acids is 1. The van der Waals surface area contributed by atoms with Gasteiger partial charge in [0, 0.05) is 34.3 Å². The number of pyridine rings is 2. The van der Waals surface area contributed by atoms with Gasteiger partial charge >= 0.3 is 19.0 Å². The first kappa shape index (κ1) is 40.4. The topological polar surface area (TPSA) is 125 Å². The molecule has 8 rings (SSSR count). The summed E-state index contributed by atoms with van der Waals surface area (Å²) in [6.45, 7) is 5.42. The van der Waals surface area contributed by atoms with Crippen LogP contribution < -0.4 is 5.32 Å². The van der Waals surface area contributed by atoms with Gasteiger partial charge in [0.1, 0.15) is 0 Å². The van der Waals surface area contributed by atoms with E-state index in [4.69, 9.17) is 32.9 Å². The molecule has 2 aliphatic carbocycles. The lowest BCUT2D eigenvalue weighted by Crippen LogP contribution is -2.44. The van der Waals surface area contributed by atoms with Crippen molar-refractivity contribution in [1.82, 2.24) is 20.1 Å². The maximum atomic E-state index is 12.5. The summed E-state index contributed by atoms with van der Waals surface area (Å²) in [6, 6.07) is 19.0. The van der Waals surface area contributed by atoms with Gasteiger partial charge in [-0.05, 0) is 152 Å². The van der Waals surface area contributed by atoms with Crippen LogP contribution in [0.3, 0.4) is 0 Å². The fourth-order valence-electron chi connectivity index (χ4n) is 8.66. The highest BCUT2D eigenvalue weighted by molar-refractivity contribution is 6.45. The lowest BCUT2D eigenvalue weighted by molar-refractivity contribution is -0.133. The van der Waals surface area contributed by atoms with Crippen molar-refractivity contribution < 1.29 is 24.5 Å². The monoisotopic (exact) mass is 780 g/mol. The van der Waals surface area contributed by atoms with E-state index in [0.717, 1.165) is 91.1 Å². The summed E-state index contributed by atoms with van der Waals surface area (Å²) >= 11 is 12.5. The van der Waals surface area contributed by atoms with Crippen LogP contribution >= 0.6 is 23.2 Å². The summed E-state index contributed by atoms with van der Waals surface area (Å²) in [5.74, 6) is -0.413. The molecule has 2 aromatic heterocycles. The number of esters is 1. The van der Waals surface area contributed by atoms with Crippen LogP contribution in [0.2, 0.25) is 16.9 Å². The number of carbonyl (C=O) groups is 2. The van der Waals surface area contributed by atoms with Gasteiger partial charge < -0.3 is 25.0 Å². The highest BCUT2D eigenvalue weighted by Gasteiger charge is 2.37. The van der Waals surface area contributed by atoms with Crippen molar-refractivity contribution in [2.45, 2.75) is 51.8 Å². The van der Waals surface area contributed by atoms with Gasteiger partial charge in [-0.15, -0.1) is 0 Å². The number of ether oxygens (including phenoxy) is 1. The summed E-state index contributed by atoms with van der Waals surface area (Å²) in [5.41, 5.74) is 8.14. The molecule has 4 heterocycles. The van der Waals surface area contributed by atoms with Gasteiger partial charge in [0.2, 0.25) is 0 Å². The van der Waals surface area contributed by atoms with Crippen molar-refractivity contribution in [3.63, 3.8) is 0 Å². The molecule has 2 atom stereocenters. The van der Waals surface area contributed by atoms with E-state index in [1.54, 1.807) is 25.2 Å². The number of hydrogen-bond acceptors (Lipinski definition) is 8. The van der Waals surface area contributed by atoms with E-state index in [0.29, 0.717) is 33.0 Å². The standard InChI is InChI=1S/C21H22BClN2O3.C21H21ClN2O2.CH4/c1-22(28)25-9-6-13(7-10-25)19-16-5-4-15(23)12-17(16)18(21(26)27)11-14-3-2-8-24-20(14)19;1-26-21(25)18-11-14-3-2-8-24-20(14)19(13-6-9-23-10-7-13)16-5-4-15(22)12-17(16)18;/h2-5,8,11-13,19,28H,6-7,9-10H2,1H3,(H,26,27);2-5,8,11-13,19,23H,6-7,9-10H2,1H3;1H4. The van der Waals surface area contributed by atoms with E-state index >= 15 is 0 Å². The lowest BCUT2D eigenvalue weighted by Gasteiger charge is -2.37. The third kappa shape index (κ3) is 8.44. The molecular formula is C43H47BCl2N4O5. The van der Waals surface area contributed by atoms with Gasteiger partial charge in [0.25, 0.3) is 0 Å². The first-order valence-corrected chi connectivity index (χ1v) is 19.3. The molecule has 2 aromatic carbocycles. The number of hydrogen-bond donors (Lipinski definition) is 3. The van der Waals surface area contributed by atoms with E-state index in [1.807, 2.05) is 66.9 Å². The lowest BCUT2D eigenvalue weighted by atomic mass is 9.73. The van der Waals surface area contributed by atoms with Gasteiger partial charge in [-0.1, -0.05) is 54.9 Å². The minimum Gasteiger partial charge on any atom is -0.478 e. The second-order valence-electron chi connectivity index (χ2n) is 14.4. The summed E-state index contributed by atoms with van der Waals surface area (Å²) in [4.78, 5) is 36.0. The third-order valence-electron chi connectivity index (χ3n) is 11.3. The number of nitrogens with one attached hydrogen (secondary N) is 1. The number of aromatic nitrogens is 2. The first-order valence-electron chi connectivity index (χ1n) is 18.5. The fraction of sp³-hybridized carbons (Fsp3) is 0.349. The van der Waals surface area contributed by atoms with Crippen LogP contribution in [0, 0.1) is 11.8 Å². The quantitative estimate of drug-likeness (QED) is 0.136. The molecule has 2 fully saturated rings. The second-order valence-corrected chi connectivity index (χ2v) is 15.3. The Kier molecular flexibility index (Phi) is 12.9. The van der Waals surface area contributed by atoms with Gasteiger partial charge in [-0.3, -0.25) is 9.97 Å². The fourth-order valence-corrected chi connectivity index (χ4v) is 9.01. The zero-order valence-corrected chi connectivity index (χ0v) is 31.9. The highest BCUT2D eigenvalue weighted by atomic mass is 35.5. The summed E-state index contributed by atoms with van der Waals surface area (Å²) < 4.78 is 5.06. The Morgan fingerprint density at radius 2 is 1.29 bits per heavy atom. The van der Waals surface area contributed by atoms with Crippen LogP contribution in [0.4, 0.5) is 0 Å². The Balaban J connectivity index is 0.000000184. The van der Waals surface area contributed by atoms with Crippen LogP contribution in [-0.4, -0.2) is 77.2 Å². The van der Waals surface area contributed by atoms with Crippen molar-refractivity contribution in [2.75, 3.05) is 33.3 Å². The predicted molar refractivity (Wildman–Crippen MR) is 221 cm³/mol. The molecule has 12 heteroatoms. The molecule has 4 aliphatic rings. The van der Waals surface area contributed by atoms with Crippen LogP contribution in [-0.2, 0) is 14.3 Å². The number of carboxylic acids is 1. The van der Waals surface area contributed by atoms with Crippen LogP contribution in [0.5, 0.6) is 0 Å². The second kappa shape index (κ2) is 17.6. The third-order valence-corrected chi connectivity index (χ3v) is 11.7. The SMILES string of the molecule is C.CB(O)N1CCC(C2c3ccc(Cl)cc3C(C(=O)O)=Cc3cccnc32)CC1.COC(=O)C1=Cc2cccnc2C(C2CCNCC2)c2ccc(Cl)cc21. The molecule has 4 aromatic rings. The van der Waals surface area contributed by atoms with E-state index < -0.39 is 13.0 Å². The number of methoxy groups -OCH3 is 1. The Bertz CT molecular complexity index is 2110. The molecule has 9 nitrogen and oxygen atoms in total. The van der Waals surface area contributed by atoms with Gasteiger partial charge in [-0.25, -0.2) is 9.59 Å². The van der Waals surface area contributed by atoms with Crippen molar-refractivity contribution >= 4 is 65.5 Å². The number of carboxylic acid groups (broad SMARTS) is 1. The number of benzene rings is 2. The normalized spacial score (nSPS) is 19.5. The average Bonchev–Trinajstić information content (AvgIpc) is 3.42. The van der Waals surface area contributed by atoms with Crippen LogP contribution in [0.15, 0.2) is 73.1 Å². The molecular weight excluding hydrogens is 734 g/mol. The molecule has 0 saturated carbocycles. The smallest absolute Gasteiger partial charge is 0.376 e. The zero-order valence-electron chi connectivity index (χ0n) is 30.3. The van der Waals surface area contributed by atoms with E-state index in [2.05, 4.69) is 15.1 Å². The molecule has 0 radical (unpaired) electrons. The molecule has 286 valence electrons. The van der Waals surface area contributed by atoms with Gasteiger partial charge in [0.05, 0.1) is 29.6 Å². The summed E-state index contributed by atoms with van der Waals surface area (Å²) in [7, 11) is 0.957. The predicted octanol–water partition coefficient (Wildman–Crippen LogP) is 8.16. The van der Waals surface area contributed by atoms with E-state index in [-0.39, 0.29) is 30.8 Å². The molecule has 3 N–H and O–H groups in total. The summed E-state index contributed by atoms with van der Waals surface area (Å²) in [5, 5.41) is 24.3. The number of piperidine rings is 2. The van der Waals surface area contributed by atoms with Crippen molar-refractivity contribution in [3.8, 4) is 0 Å². The molecule has 2 saturated heterocycles. The van der Waals surface area contributed by atoms with Gasteiger partial charge in [-0.2, -0.15) is 0 Å². The maximum Gasteiger partial charge on any atom is 0.376 e. The largest absolute Gasteiger partial charge is 0.478 e. The van der Waals surface area contributed by atoms with Gasteiger partial charge in [0.15, 0.2) is 0 Å². The molecule has 0 amide bonds. The molecule has 55 heavy (non-hydrogen) atoms. The Labute approximate surface area is 333 Å². The molecule has 0 spiro atoms. The molecule has 0 bridgehead atoms. The number of fused-ring (bicyclic) bond motifs is 4. The first-order chi connectivity index (χ1) is 26.1. The number of rotatable bonds is 5. The van der Waals surface area contributed by atoms with Crippen molar-refractivity contribution in [3.05, 3.63) is 128 Å². The zero-order chi connectivity index (χ0) is 37.9. The number of nitrogens with zero attached hydrogens (tertiary/aromatic N) is 3. The van der Waals surface area contributed by atoms with E-state index in [9.17, 15) is 19.7 Å².